The van der Waals surface area contributed by atoms with Gasteiger partial charge in [-0.1, -0.05) is 0 Å². The van der Waals surface area contributed by atoms with E-state index in [1.54, 1.807) is 29.3 Å². The van der Waals surface area contributed by atoms with E-state index in [4.69, 9.17) is 5.11 Å². The van der Waals surface area contributed by atoms with Gasteiger partial charge < -0.3 is 15.0 Å². The molecule has 1 aliphatic heterocycles. The normalized spacial score (nSPS) is 16.6. The molecule has 2 aromatic heterocycles. The first-order valence-corrected chi connectivity index (χ1v) is 6.41. The standard InChI is InChI=1S/C14H13F2N3O2/c15-14(16)7-19(8-14)12-2-1-10(18-6-12)4-11-3-9(5-17-11)13(20)21/h1-3,5-6,17H,4,7-8H2,(H,20,21). The summed E-state index contributed by atoms with van der Waals surface area (Å²) in [4.78, 5) is 19.4. The number of H-pyrrole nitrogens is 1. The Labute approximate surface area is 119 Å². The number of carbonyl (C=O) groups is 1. The van der Waals surface area contributed by atoms with Gasteiger partial charge in [-0.05, 0) is 18.2 Å². The molecule has 3 rings (SSSR count). The minimum atomic E-state index is -2.60. The smallest absolute Gasteiger partial charge is 0.337 e. The van der Waals surface area contributed by atoms with Crippen LogP contribution in [-0.2, 0) is 6.42 Å². The number of anilines is 1. The molecular formula is C14H13F2N3O2. The monoisotopic (exact) mass is 293 g/mol. The SMILES string of the molecule is O=C(O)c1c[nH]c(Cc2ccc(N3CC(F)(F)C3)cn2)c1. The minimum Gasteiger partial charge on any atom is -0.478 e. The lowest BCUT2D eigenvalue weighted by Crippen LogP contribution is -2.56. The van der Waals surface area contributed by atoms with Crippen LogP contribution in [0, 0.1) is 0 Å². The molecule has 0 unspecified atom stereocenters. The molecule has 0 radical (unpaired) electrons. The second-order valence-corrected chi connectivity index (χ2v) is 5.12. The van der Waals surface area contributed by atoms with E-state index < -0.39 is 11.9 Å². The topological polar surface area (TPSA) is 69.2 Å². The van der Waals surface area contributed by atoms with Gasteiger partial charge in [-0.15, -0.1) is 0 Å². The van der Waals surface area contributed by atoms with Crippen molar-refractivity contribution >= 4 is 11.7 Å². The van der Waals surface area contributed by atoms with Crippen molar-refractivity contribution in [2.24, 2.45) is 0 Å². The van der Waals surface area contributed by atoms with Crippen molar-refractivity contribution in [2.45, 2.75) is 12.3 Å². The molecule has 2 aromatic rings. The molecule has 0 amide bonds. The van der Waals surface area contributed by atoms with Crippen molar-refractivity contribution in [2.75, 3.05) is 18.0 Å². The van der Waals surface area contributed by atoms with Crippen molar-refractivity contribution < 1.29 is 18.7 Å². The van der Waals surface area contributed by atoms with E-state index in [0.717, 1.165) is 11.4 Å². The number of nitrogens with one attached hydrogen (secondary N) is 1. The predicted octanol–water partition coefficient (Wildman–Crippen LogP) is 2.15. The largest absolute Gasteiger partial charge is 0.478 e. The molecule has 110 valence electrons. The Balaban J connectivity index is 1.65. The lowest BCUT2D eigenvalue weighted by molar-refractivity contribution is -0.0262. The molecule has 1 saturated heterocycles. The molecule has 0 bridgehead atoms. The van der Waals surface area contributed by atoms with Gasteiger partial charge in [-0.2, -0.15) is 0 Å². The fourth-order valence-corrected chi connectivity index (χ4v) is 2.27. The molecule has 2 N–H and O–H groups in total. The van der Waals surface area contributed by atoms with Gasteiger partial charge in [0.05, 0.1) is 30.5 Å². The van der Waals surface area contributed by atoms with Crippen LogP contribution in [0.5, 0.6) is 0 Å². The Morgan fingerprint density at radius 2 is 2.19 bits per heavy atom. The van der Waals surface area contributed by atoms with Crippen molar-refractivity contribution in [1.29, 1.82) is 0 Å². The number of aromatic amines is 1. The van der Waals surface area contributed by atoms with Gasteiger partial charge in [0.25, 0.3) is 5.92 Å². The van der Waals surface area contributed by atoms with Gasteiger partial charge in [-0.25, -0.2) is 13.6 Å². The van der Waals surface area contributed by atoms with Crippen LogP contribution in [0.1, 0.15) is 21.7 Å². The molecule has 0 spiro atoms. The molecule has 1 fully saturated rings. The highest BCUT2D eigenvalue weighted by molar-refractivity contribution is 5.87. The van der Waals surface area contributed by atoms with Crippen LogP contribution in [0.3, 0.4) is 0 Å². The molecule has 0 aliphatic carbocycles. The van der Waals surface area contributed by atoms with Crippen molar-refractivity contribution in [3.8, 4) is 0 Å². The summed E-state index contributed by atoms with van der Waals surface area (Å²) in [7, 11) is 0. The van der Waals surface area contributed by atoms with Gasteiger partial charge in [0, 0.05) is 24.0 Å². The van der Waals surface area contributed by atoms with Crippen LogP contribution in [0.15, 0.2) is 30.6 Å². The number of hydrogen-bond donors (Lipinski definition) is 2. The number of carboxylic acid groups (broad SMARTS) is 1. The molecule has 1 aliphatic rings. The first-order chi connectivity index (χ1) is 9.93. The van der Waals surface area contributed by atoms with E-state index in [9.17, 15) is 13.6 Å². The van der Waals surface area contributed by atoms with Gasteiger partial charge in [0.15, 0.2) is 0 Å². The van der Waals surface area contributed by atoms with Gasteiger partial charge >= 0.3 is 5.97 Å². The minimum absolute atomic E-state index is 0.199. The number of alkyl halides is 2. The van der Waals surface area contributed by atoms with E-state index in [0.29, 0.717) is 12.1 Å². The quantitative estimate of drug-likeness (QED) is 0.906. The van der Waals surface area contributed by atoms with E-state index in [1.165, 1.54) is 6.20 Å². The van der Waals surface area contributed by atoms with Crippen molar-refractivity contribution in [3.05, 3.63) is 47.5 Å². The molecule has 7 heteroatoms. The van der Waals surface area contributed by atoms with Gasteiger partial charge in [0.2, 0.25) is 0 Å². The number of pyridine rings is 1. The Hall–Kier alpha value is -2.44. The molecule has 0 aromatic carbocycles. The van der Waals surface area contributed by atoms with Crippen LogP contribution in [0.25, 0.3) is 0 Å². The Morgan fingerprint density at radius 1 is 1.43 bits per heavy atom. The predicted molar refractivity (Wildman–Crippen MR) is 72.0 cm³/mol. The lowest BCUT2D eigenvalue weighted by atomic mass is 10.1. The zero-order chi connectivity index (χ0) is 15.0. The average molecular weight is 293 g/mol. The van der Waals surface area contributed by atoms with Crippen LogP contribution in [0.2, 0.25) is 0 Å². The maximum absolute atomic E-state index is 12.8. The number of hydrogen-bond acceptors (Lipinski definition) is 3. The summed E-state index contributed by atoms with van der Waals surface area (Å²) in [5.41, 5.74) is 2.35. The molecule has 5 nitrogen and oxygen atoms in total. The number of halogens is 2. The first-order valence-electron chi connectivity index (χ1n) is 6.41. The second-order valence-electron chi connectivity index (χ2n) is 5.12. The average Bonchev–Trinajstić information content (AvgIpc) is 2.85. The fraction of sp³-hybridized carbons (Fsp3) is 0.286. The number of nitrogens with zero attached hydrogens (tertiary/aromatic N) is 2. The molecule has 0 saturated carbocycles. The van der Waals surface area contributed by atoms with E-state index in [2.05, 4.69) is 9.97 Å². The fourth-order valence-electron chi connectivity index (χ4n) is 2.27. The van der Waals surface area contributed by atoms with Crippen LogP contribution >= 0.6 is 0 Å². The maximum Gasteiger partial charge on any atom is 0.337 e. The Bertz CT molecular complexity index is 659. The number of rotatable bonds is 4. The van der Waals surface area contributed by atoms with Gasteiger partial charge in [0.1, 0.15) is 0 Å². The summed E-state index contributed by atoms with van der Waals surface area (Å²) in [5.74, 6) is -3.59. The number of carboxylic acids is 1. The van der Waals surface area contributed by atoms with Crippen LogP contribution < -0.4 is 4.90 Å². The van der Waals surface area contributed by atoms with E-state index in [-0.39, 0.29) is 18.7 Å². The van der Waals surface area contributed by atoms with Crippen molar-refractivity contribution in [3.63, 3.8) is 0 Å². The third kappa shape index (κ3) is 2.86. The summed E-state index contributed by atoms with van der Waals surface area (Å²) in [6.45, 7) is -0.542. The van der Waals surface area contributed by atoms with Crippen molar-refractivity contribution in [1.82, 2.24) is 9.97 Å². The Kier molecular flexibility index (Phi) is 3.12. The van der Waals surface area contributed by atoms with Crippen LogP contribution in [0.4, 0.5) is 14.5 Å². The summed E-state index contributed by atoms with van der Waals surface area (Å²) in [6.07, 6.45) is 3.45. The first kappa shape index (κ1) is 13.5. The number of aromatic nitrogens is 2. The highest BCUT2D eigenvalue weighted by atomic mass is 19.3. The maximum atomic E-state index is 12.8. The summed E-state index contributed by atoms with van der Waals surface area (Å²) in [6, 6.07) is 5.06. The zero-order valence-electron chi connectivity index (χ0n) is 11.0. The lowest BCUT2D eigenvalue weighted by Gasteiger charge is -2.40. The summed E-state index contributed by atoms with van der Waals surface area (Å²) < 4.78 is 25.6. The summed E-state index contributed by atoms with van der Waals surface area (Å²) >= 11 is 0. The van der Waals surface area contributed by atoms with Crippen LogP contribution in [-0.4, -0.2) is 40.1 Å². The second kappa shape index (κ2) is 4.83. The third-order valence-electron chi connectivity index (χ3n) is 3.38. The van der Waals surface area contributed by atoms with Gasteiger partial charge in [-0.3, -0.25) is 4.98 Å². The Morgan fingerprint density at radius 3 is 2.71 bits per heavy atom. The van der Waals surface area contributed by atoms with E-state index >= 15 is 0 Å². The zero-order valence-corrected chi connectivity index (χ0v) is 11.0. The molecular weight excluding hydrogens is 280 g/mol. The van der Waals surface area contributed by atoms with E-state index in [1.807, 2.05) is 0 Å². The third-order valence-corrected chi connectivity index (χ3v) is 3.38. The summed E-state index contributed by atoms with van der Waals surface area (Å²) in [5, 5.41) is 8.84. The molecule has 3 heterocycles. The number of aromatic carboxylic acids is 1. The molecule has 0 atom stereocenters. The molecule has 21 heavy (non-hydrogen) atoms. The highest BCUT2D eigenvalue weighted by Crippen LogP contribution is 2.31. The highest BCUT2D eigenvalue weighted by Gasteiger charge is 2.43.